The van der Waals surface area contributed by atoms with Crippen LogP contribution in [0.4, 0.5) is 0 Å². The maximum absolute atomic E-state index is 5.22. The highest BCUT2D eigenvalue weighted by Gasteiger charge is 1.89. The van der Waals surface area contributed by atoms with Crippen molar-refractivity contribution in [3.05, 3.63) is 12.4 Å². The first-order chi connectivity index (χ1) is 4.04. The van der Waals surface area contributed by atoms with Gasteiger partial charge in [-0.25, -0.2) is 4.99 Å². The fourth-order valence-electron chi connectivity index (χ4n) is 0.308. The molecule has 0 spiro atoms. The SMILES string of the molecule is C=C(N)/N=C(\C)N(C)C. The van der Waals surface area contributed by atoms with Crippen LogP contribution in [0.3, 0.4) is 0 Å². The Morgan fingerprint density at radius 2 is 2.00 bits per heavy atom. The second-order valence-electron chi connectivity index (χ2n) is 2.04. The van der Waals surface area contributed by atoms with Gasteiger partial charge in [-0.1, -0.05) is 6.58 Å². The number of hydrogen-bond acceptors (Lipinski definition) is 2. The minimum atomic E-state index is 0.348. The van der Waals surface area contributed by atoms with Gasteiger partial charge in [0.2, 0.25) is 0 Å². The number of nitrogens with two attached hydrogens (primary N) is 1. The predicted octanol–water partition coefficient (Wildman–Crippen LogP) is 0.396. The van der Waals surface area contributed by atoms with Crippen molar-refractivity contribution in [2.75, 3.05) is 14.1 Å². The largest absolute Gasteiger partial charge is 0.384 e. The second kappa shape index (κ2) is 3.12. The van der Waals surface area contributed by atoms with E-state index >= 15 is 0 Å². The zero-order valence-corrected chi connectivity index (χ0v) is 6.18. The van der Waals surface area contributed by atoms with Gasteiger partial charge in [-0.3, -0.25) is 0 Å². The van der Waals surface area contributed by atoms with E-state index in [1.54, 1.807) is 0 Å². The standard InChI is InChI=1S/C6H13N3/c1-5(7)8-6(2)9(3)4/h1,7H2,2-4H3/b8-6+. The van der Waals surface area contributed by atoms with E-state index in [1.807, 2.05) is 25.9 Å². The third kappa shape index (κ3) is 3.58. The van der Waals surface area contributed by atoms with Crippen molar-refractivity contribution in [3.8, 4) is 0 Å². The van der Waals surface area contributed by atoms with Crippen LogP contribution in [0.2, 0.25) is 0 Å². The van der Waals surface area contributed by atoms with Gasteiger partial charge in [-0.2, -0.15) is 0 Å². The molecule has 0 saturated heterocycles. The second-order valence-corrected chi connectivity index (χ2v) is 2.04. The van der Waals surface area contributed by atoms with Gasteiger partial charge in [-0.15, -0.1) is 0 Å². The van der Waals surface area contributed by atoms with Crippen molar-refractivity contribution in [3.63, 3.8) is 0 Å². The van der Waals surface area contributed by atoms with Gasteiger partial charge in [-0.05, 0) is 6.92 Å². The van der Waals surface area contributed by atoms with E-state index < -0.39 is 0 Å². The molecule has 0 unspecified atom stereocenters. The zero-order chi connectivity index (χ0) is 7.44. The average Bonchev–Trinajstić information content (AvgIpc) is 1.63. The molecule has 0 rings (SSSR count). The van der Waals surface area contributed by atoms with E-state index in [4.69, 9.17) is 5.73 Å². The summed E-state index contributed by atoms with van der Waals surface area (Å²) in [6, 6.07) is 0. The number of aliphatic imine (C=N–C) groups is 1. The summed E-state index contributed by atoms with van der Waals surface area (Å²) in [4.78, 5) is 5.78. The van der Waals surface area contributed by atoms with Crippen LogP contribution >= 0.6 is 0 Å². The topological polar surface area (TPSA) is 41.6 Å². The van der Waals surface area contributed by atoms with Gasteiger partial charge in [0.15, 0.2) is 0 Å². The van der Waals surface area contributed by atoms with Gasteiger partial charge >= 0.3 is 0 Å². The lowest BCUT2D eigenvalue weighted by Gasteiger charge is -2.09. The molecule has 0 fully saturated rings. The van der Waals surface area contributed by atoms with Crippen LogP contribution in [0, 0.1) is 0 Å². The molecule has 0 aliphatic rings. The molecule has 0 aliphatic heterocycles. The third-order valence-electron chi connectivity index (χ3n) is 0.953. The number of amidine groups is 1. The molecule has 0 heterocycles. The first-order valence-electron chi connectivity index (χ1n) is 2.71. The fraction of sp³-hybridized carbons (Fsp3) is 0.500. The Morgan fingerprint density at radius 1 is 1.56 bits per heavy atom. The minimum absolute atomic E-state index is 0.348. The Kier molecular flexibility index (Phi) is 2.78. The Balaban J connectivity index is 4.00. The molecular formula is C6H13N3. The molecule has 3 heteroatoms. The molecule has 3 nitrogen and oxygen atoms in total. The summed E-state index contributed by atoms with van der Waals surface area (Å²) < 4.78 is 0. The maximum atomic E-state index is 5.22. The van der Waals surface area contributed by atoms with Crippen molar-refractivity contribution in [2.24, 2.45) is 10.7 Å². The van der Waals surface area contributed by atoms with Crippen LogP contribution in [-0.2, 0) is 0 Å². The number of nitrogens with zero attached hydrogens (tertiary/aromatic N) is 2. The highest BCUT2D eigenvalue weighted by atomic mass is 15.1. The molecule has 0 atom stereocenters. The summed E-state index contributed by atoms with van der Waals surface area (Å²) in [6.45, 7) is 5.31. The predicted molar refractivity (Wildman–Crippen MR) is 40.1 cm³/mol. The highest BCUT2D eigenvalue weighted by Crippen LogP contribution is 1.85. The molecule has 0 aromatic carbocycles. The van der Waals surface area contributed by atoms with Gasteiger partial charge in [0, 0.05) is 14.1 Å². The maximum Gasteiger partial charge on any atom is 0.118 e. The quantitative estimate of drug-likeness (QED) is 0.409. The average molecular weight is 127 g/mol. The summed E-state index contributed by atoms with van der Waals surface area (Å²) in [5, 5.41) is 0. The van der Waals surface area contributed by atoms with Crippen molar-refractivity contribution < 1.29 is 0 Å². The summed E-state index contributed by atoms with van der Waals surface area (Å²) in [6.07, 6.45) is 0. The summed E-state index contributed by atoms with van der Waals surface area (Å²) in [7, 11) is 3.81. The molecule has 0 amide bonds. The monoisotopic (exact) mass is 127 g/mol. The van der Waals surface area contributed by atoms with Crippen LogP contribution < -0.4 is 5.73 Å². The first-order valence-corrected chi connectivity index (χ1v) is 2.71. The molecule has 9 heavy (non-hydrogen) atoms. The molecule has 0 radical (unpaired) electrons. The van der Waals surface area contributed by atoms with Crippen molar-refractivity contribution >= 4 is 5.84 Å². The Hall–Kier alpha value is -0.990. The van der Waals surface area contributed by atoms with Crippen molar-refractivity contribution in [1.29, 1.82) is 0 Å². The van der Waals surface area contributed by atoms with E-state index in [0.29, 0.717) is 5.82 Å². The first kappa shape index (κ1) is 8.01. The van der Waals surface area contributed by atoms with Crippen LogP contribution in [0.25, 0.3) is 0 Å². The fourth-order valence-corrected chi connectivity index (χ4v) is 0.308. The Bertz CT molecular complexity index is 135. The number of hydrogen-bond donors (Lipinski definition) is 1. The lowest BCUT2D eigenvalue weighted by atomic mass is 10.6. The van der Waals surface area contributed by atoms with Gasteiger partial charge < -0.3 is 10.6 Å². The molecule has 52 valence electrons. The number of rotatable bonds is 1. The van der Waals surface area contributed by atoms with E-state index in [2.05, 4.69) is 11.6 Å². The van der Waals surface area contributed by atoms with Crippen molar-refractivity contribution in [1.82, 2.24) is 4.90 Å². The van der Waals surface area contributed by atoms with Crippen LogP contribution in [0.1, 0.15) is 6.92 Å². The van der Waals surface area contributed by atoms with Crippen LogP contribution in [0.5, 0.6) is 0 Å². The van der Waals surface area contributed by atoms with Gasteiger partial charge in [0.25, 0.3) is 0 Å². The molecule has 2 N–H and O–H groups in total. The van der Waals surface area contributed by atoms with E-state index in [1.165, 1.54) is 0 Å². The Labute approximate surface area is 55.9 Å². The molecule has 0 aliphatic carbocycles. The van der Waals surface area contributed by atoms with Crippen LogP contribution in [-0.4, -0.2) is 24.8 Å². The zero-order valence-electron chi connectivity index (χ0n) is 6.18. The van der Waals surface area contributed by atoms with Gasteiger partial charge in [0.1, 0.15) is 11.7 Å². The minimum Gasteiger partial charge on any atom is -0.384 e. The highest BCUT2D eigenvalue weighted by molar-refractivity contribution is 5.79. The molecular weight excluding hydrogens is 114 g/mol. The molecule has 0 saturated carbocycles. The van der Waals surface area contributed by atoms with E-state index in [-0.39, 0.29) is 0 Å². The Morgan fingerprint density at radius 3 is 2.11 bits per heavy atom. The normalized spacial score (nSPS) is 11.2. The lowest BCUT2D eigenvalue weighted by molar-refractivity contribution is 0.617. The summed E-state index contributed by atoms with van der Waals surface area (Å²) in [5.74, 6) is 1.21. The lowest BCUT2D eigenvalue weighted by Crippen LogP contribution is -2.19. The van der Waals surface area contributed by atoms with Crippen LogP contribution in [0.15, 0.2) is 17.4 Å². The van der Waals surface area contributed by atoms with E-state index in [0.717, 1.165) is 5.84 Å². The smallest absolute Gasteiger partial charge is 0.118 e. The molecule has 0 aromatic rings. The summed E-state index contributed by atoms with van der Waals surface area (Å²) >= 11 is 0. The summed E-state index contributed by atoms with van der Waals surface area (Å²) in [5.41, 5.74) is 5.22. The van der Waals surface area contributed by atoms with Gasteiger partial charge in [0.05, 0.1) is 0 Å². The third-order valence-corrected chi connectivity index (χ3v) is 0.953. The van der Waals surface area contributed by atoms with E-state index in [9.17, 15) is 0 Å². The molecule has 0 aromatic heterocycles. The molecule has 0 bridgehead atoms. The van der Waals surface area contributed by atoms with Crippen molar-refractivity contribution in [2.45, 2.75) is 6.92 Å².